The summed E-state index contributed by atoms with van der Waals surface area (Å²) in [7, 11) is 0. The number of fused-ring (bicyclic) bond motifs is 5. The third kappa shape index (κ3) is 3.15. The van der Waals surface area contributed by atoms with Crippen molar-refractivity contribution in [2.75, 3.05) is 0 Å². The van der Waals surface area contributed by atoms with Crippen molar-refractivity contribution in [3.05, 3.63) is 180 Å². The third-order valence-electron chi connectivity index (χ3n) is 9.17. The molecule has 0 aromatic heterocycles. The van der Waals surface area contributed by atoms with E-state index in [4.69, 9.17) is 0 Å². The number of rotatable bonds is 3. The molecule has 0 atom stereocenters. The second-order valence-electron chi connectivity index (χ2n) is 11.2. The summed E-state index contributed by atoms with van der Waals surface area (Å²) in [6.45, 7) is 0. The van der Waals surface area contributed by atoms with Crippen molar-refractivity contribution in [2.24, 2.45) is 0 Å². The van der Waals surface area contributed by atoms with E-state index >= 15 is 0 Å². The molecular formula is C41H26S. The SMILES string of the molecule is c1ccc(C2(c3ccccc3-c3ccc4cccc5c4c3Sc3ccccc3-5)c3ccccc3-c3ccccc32)cc1. The highest BCUT2D eigenvalue weighted by molar-refractivity contribution is 8.00. The standard InChI is InChI=1S/C41H26S/c1-2-14-28(15-3-1)41(35-21-8-4-16-29(35)30-17-5-9-22-36(30)41)37-23-10-6-18-31(37)34-26-25-27-13-12-20-33-32-19-7-11-24-38(32)42-40(34)39(27)33/h1-26H. The molecule has 0 spiro atoms. The van der Waals surface area contributed by atoms with E-state index in [1.165, 1.54) is 76.2 Å². The molecule has 0 N–H and O–H groups in total. The summed E-state index contributed by atoms with van der Waals surface area (Å²) >= 11 is 1.91. The van der Waals surface area contributed by atoms with Crippen molar-refractivity contribution in [1.82, 2.24) is 0 Å². The van der Waals surface area contributed by atoms with Crippen LogP contribution in [0.3, 0.4) is 0 Å². The maximum Gasteiger partial charge on any atom is 0.0719 e. The lowest BCUT2D eigenvalue weighted by Gasteiger charge is -2.36. The van der Waals surface area contributed by atoms with Crippen molar-refractivity contribution in [3.63, 3.8) is 0 Å². The first-order valence-corrected chi connectivity index (χ1v) is 15.3. The van der Waals surface area contributed by atoms with Gasteiger partial charge in [-0.1, -0.05) is 163 Å². The minimum absolute atomic E-state index is 0.441. The van der Waals surface area contributed by atoms with Crippen LogP contribution in [0.1, 0.15) is 22.3 Å². The lowest BCUT2D eigenvalue weighted by atomic mass is 9.66. The van der Waals surface area contributed by atoms with Crippen LogP contribution < -0.4 is 0 Å². The van der Waals surface area contributed by atoms with Gasteiger partial charge in [0.1, 0.15) is 0 Å². The van der Waals surface area contributed by atoms with Gasteiger partial charge in [0.05, 0.1) is 5.41 Å². The van der Waals surface area contributed by atoms with Gasteiger partial charge in [-0.2, -0.15) is 0 Å². The van der Waals surface area contributed by atoms with E-state index in [9.17, 15) is 0 Å². The molecule has 196 valence electrons. The van der Waals surface area contributed by atoms with E-state index in [2.05, 4.69) is 158 Å². The molecule has 0 nitrogen and oxygen atoms in total. The maximum atomic E-state index is 2.37. The predicted octanol–water partition coefficient (Wildman–Crippen LogP) is 11.0. The van der Waals surface area contributed by atoms with Crippen LogP contribution in [-0.4, -0.2) is 0 Å². The third-order valence-corrected chi connectivity index (χ3v) is 10.4. The first-order chi connectivity index (χ1) is 20.9. The van der Waals surface area contributed by atoms with Gasteiger partial charge in [-0.05, 0) is 67.1 Å². The summed E-state index contributed by atoms with van der Waals surface area (Å²) in [5.41, 5.74) is 12.7. The molecule has 42 heavy (non-hydrogen) atoms. The van der Waals surface area contributed by atoms with Gasteiger partial charge in [-0.15, -0.1) is 0 Å². The Morgan fingerprint density at radius 3 is 1.55 bits per heavy atom. The zero-order valence-corrected chi connectivity index (χ0v) is 23.7. The van der Waals surface area contributed by atoms with Crippen LogP contribution in [-0.2, 0) is 5.41 Å². The van der Waals surface area contributed by atoms with E-state index in [1.807, 2.05) is 11.8 Å². The molecule has 1 aliphatic heterocycles. The van der Waals surface area contributed by atoms with Crippen LogP contribution in [0.5, 0.6) is 0 Å². The zero-order chi connectivity index (χ0) is 27.7. The van der Waals surface area contributed by atoms with Gasteiger partial charge in [0.15, 0.2) is 0 Å². The Morgan fingerprint density at radius 2 is 0.881 bits per heavy atom. The number of hydrogen-bond donors (Lipinski definition) is 0. The fourth-order valence-electron chi connectivity index (χ4n) is 7.50. The molecule has 1 aliphatic carbocycles. The minimum atomic E-state index is -0.441. The summed E-state index contributed by atoms with van der Waals surface area (Å²) in [4.78, 5) is 2.66. The van der Waals surface area contributed by atoms with Crippen molar-refractivity contribution in [2.45, 2.75) is 15.2 Å². The first-order valence-electron chi connectivity index (χ1n) is 14.5. The fourth-order valence-corrected chi connectivity index (χ4v) is 8.77. The van der Waals surface area contributed by atoms with Crippen LogP contribution in [0.25, 0.3) is 44.2 Å². The average molecular weight is 551 g/mol. The first kappa shape index (κ1) is 23.8. The van der Waals surface area contributed by atoms with E-state index in [0.717, 1.165) is 0 Å². The van der Waals surface area contributed by atoms with Gasteiger partial charge in [0, 0.05) is 15.2 Å². The Morgan fingerprint density at radius 1 is 0.357 bits per heavy atom. The van der Waals surface area contributed by atoms with E-state index < -0.39 is 5.41 Å². The smallest absolute Gasteiger partial charge is 0.0719 e. The van der Waals surface area contributed by atoms with Gasteiger partial charge >= 0.3 is 0 Å². The Labute approximate surface area is 250 Å². The molecule has 0 bridgehead atoms. The monoisotopic (exact) mass is 550 g/mol. The zero-order valence-electron chi connectivity index (χ0n) is 22.9. The molecule has 0 saturated carbocycles. The topological polar surface area (TPSA) is 0 Å². The molecular weight excluding hydrogens is 525 g/mol. The molecule has 1 heterocycles. The largest absolute Gasteiger partial charge is 0.0881 e. The predicted molar refractivity (Wildman–Crippen MR) is 176 cm³/mol. The van der Waals surface area contributed by atoms with E-state index in [1.54, 1.807) is 0 Å². The van der Waals surface area contributed by atoms with Crippen LogP contribution in [0, 0.1) is 0 Å². The number of hydrogen-bond acceptors (Lipinski definition) is 1. The van der Waals surface area contributed by atoms with Gasteiger partial charge in [0.2, 0.25) is 0 Å². The molecule has 7 aromatic carbocycles. The Bertz CT molecular complexity index is 2130. The molecule has 0 amide bonds. The van der Waals surface area contributed by atoms with Crippen LogP contribution in [0.4, 0.5) is 0 Å². The second kappa shape index (κ2) is 9.08. The Kier molecular flexibility index (Phi) is 5.15. The van der Waals surface area contributed by atoms with Crippen LogP contribution in [0.15, 0.2) is 168 Å². The highest BCUT2D eigenvalue weighted by Gasteiger charge is 2.47. The van der Waals surface area contributed by atoms with Crippen LogP contribution in [0.2, 0.25) is 0 Å². The average Bonchev–Trinajstić information content (AvgIpc) is 3.37. The van der Waals surface area contributed by atoms with Gasteiger partial charge < -0.3 is 0 Å². The highest BCUT2D eigenvalue weighted by Crippen LogP contribution is 2.59. The molecule has 0 radical (unpaired) electrons. The highest BCUT2D eigenvalue weighted by atomic mass is 32.2. The minimum Gasteiger partial charge on any atom is -0.0881 e. The van der Waals surface area contributed by atoms with Gasteiger partial charge in [0.25, 0.3) is 0 Å². The lowest BCUT2D eigenvalue weighted by Crippen LogP contribution is -2.29. The Balaban J connectivity index is 1.41. The normalized spacial score (nSPS) is 13.8. The van der Waals surface area contributed by atoms with Crippen molar-refractivity contribution in [3.8, 4) is 33.4 Å². The molecule has 7 aromatic rings. The summed E-state index contributed by atoms with van der Waals surface area (Å²) in [6, 6.07) is 58.5. The molecule has 0 fully saturated rings. The van der Waals surface area contributed by atoms with Crippen molar-refractivity contribution in [1.29, 1.82) is 0 Å². The second-order valence-corrected chi connectivity index (χ2v) is 12.2. The van der Waals surface area contributed by atoms with E-state index in [-0.39, 0.29) is 0 Å². The van der Waals surface area contributed by atoms with Crippen LogP contribution >= 0.6 is 11.8 Å². The van der Waals surface area contributed by atoms with E-state index in [0.29, 0.717) is 0 Å². The van der Waals surface area contributed by atoms with Gasteiger partial charge in [-0.25, -0.2) is 0 Å². The molecule has 0 saturated heterocycles. The molecule has 1 heteroatoms. The fraction of sp³-hybridized carbons (Fsp3) is 0.0244. The molecule has 0 unspecified atom stereocenters. The summed E-state index contributed by atoms with van der Waals surface area (Å²) in [6.07, 6.45) is 0. The lowest BCUT2D eigenvalue weighted by molar-refractivity contribution is 0.770. The molecule has 2 aliphatic rings. The summed E-state index contributed by atoms with van der Waals surface area (Å²) in [5, 5.41) is 2.65. The van der Waals surface area contributed by atoms with Crippen molar-refractivity contribution >= 4 is 22.5 Å². The van der Waals surface area contributed by atoms with Crippen molar-refractivity contribution < 1.29 is 0 Å². The quantitative estimate of drug-likeness (QED) is 0.211. The molecule has 9 rings (SSSR count). The summed E-state index contributed by atoms with van der Waals surface area (Å²) in [5.74, 6) is 0. The number of benzene rings is 7. The maximum absolute atomic E-state index is 2.37. The summed E-state index contributed by atoms with van der Waals surface area (Å²) < 4.78 is 0. The Hall–Kier alpha value is -4.85. The van der Waals surface area contributed by atoms with Gasteiger partial charge in [-0.3, -0.25) is 0 Å².